The number of hydrogen-bond donors (Lipinski definition) is 0. The molecule has 6 heteroatoms. The van der Waals surface area contributed by atoms with Gasteiger partial charge in [-0.2, -0.15) is 0 Å². The van der Waals surface area contributed by atoms with E-state index in [2.05, 4.69) is 4.85 Å². The van der Waals surface area contributed by atoms with Gasteiger partial charge in [0.2, 0.25) is 6.54 Å². The predicted molar refractivity (Wildman–Crippen MR) is 75.9 cm³/mol. The van der Waals surface area contributed by atoms with Crippen molar-refractivity contribution in [1.29, 1.82) is 0 Å². The molecule has 0 spiro atoms. The molecule has 0 saturated carbocycles. The van der Waals surface area contributed by atoms with Gasteiger partial charge < -0.3 is 28.5 Å². The molecular formula is C15H25NO5. The zero-order chi connectivity index (χ0) is 14.9. The maximum atomic E-state index is 6.84. The Morgan fingerprint density at radius 3 is 2.81 bits per heavy atom. The molecule has 2 aliphatic rings. The summed E-state index contributed by atoms with van der Waals surface area (Å²) < 4.78 is 27.9. The van der Waals surface area contributed by atoms with Crippen LogP contribution in [-0.4, -0.2) is 64.2 Å². The summed E-state index contributed by atoms with van der Waals surface area (Å²) in [7, 11) is 0. The summed E-state index contributed by atoms with van der Waals surface area (Å²) in [6.45, 7) is 12.1. The van der Waals surface area contributed by atoms with E-state index in [0.29, 0.717) is 26.4 Å². The molecule has 0 aromatic carbocycles. The van der Waals surface area contributed by atoms with Crippen LogP contribution in [0, 0.1) is 6.57 Å². The minimum atomic E-state index is -0.167. The van der Waals surface area contributed by atoms with E-state index in [1.165, 1.54) is 0 Å². The van der Waals surface area contributed by atoms with Gasteiger partial charge >= 0.3 is 0 Å². The van der Waals surface area contributed by atoms with Crippen molar-refractivity contribution >= 4 is 0 Å². The van der Waals surface area contributed by atoms with Crippen LogP contribution >= 0.6 is 0 Å². The quantitative estimate of drug-likeness (QED) is 0.453. The Labute approximate surface area is 126 Å². The van der Waals surface area contributed by atoms with E-state index >= 15 is 0 Å². The fourth-order valence-corrected chi connectivity index (χ4v) is 2.11. The summed E-state index contributed by atoms with van der Waals surface area (Å²) in [5, 5.41) is 0. The molecule has 2 aliphatic heterocycles. The van der Waals surface area contributed by atoms with Gasteiger partial charge in [-0.05, 0) is 26.2 Å². The number of nitrogens with zero attached hydrogens (tertiary/aromatic N) is 1. The Bertz CT molecular complexity index is 323. The number of rotatable bonds is 10. The molecule has 2 heterocycles. The Kier molecular flexibility index (Phi) is 7.41. The molecule has 0 aromatic rings. The molecule has 0 amide bonds. The largest absolute Gasteiger partial charge is 0.376 e. The highest BCUT2D eigenvalue weighted by Crippen LogP contribution is 2.16. The lowest BCUT2D eigenvalue weighted by atomic mass is 10.2. The molecule has 4 atom stereocenters. The van der Waals surface area contributed by atoms with Crippen LogP contribution in [0.2, 0.25) is 0 Å². The van der Waals surface area contributed by atoms with Crippen LogP contribution in [0.4, 0.5) is 0 Å². The van der Waals surface area contributed by atoms with E-state index in [1.54, 1.807) is 0 Å². The molecule has 2 rings (SSSR count). The molecular weight excluding hydrogens is 274 g/mol. The van der Waals surface area contributed by atoms with Crippen molar-refractivity contribution in [3.05, 3.63) is 11.4 Å². The average Bonchev–Trinajstić information content (AvgIpc) is 3.30. The SMILES string of the molecule is [C-]#[N+]CC(C)OCC(COCC1CO1)OC1CCCCO1. The summed E-state index contributed by atoms with van der Waals surface area (Å²) in [6.07, 6.45) is 2.97. The monoisotopic (exact) mass is 299 g/mol. The molecule has 2 saturated heterocycles. The van der Waals surface area contributed by atoms with Gasteiger partial charge in [-0.3, -0.25) is 0 Å². The van der Waals surface area contributed by atoms with Gasteiger partial charge in [-0.15, -0.1) is 0 Å². The molecule has 2 fully saturated rings. The normalized spacial score (nSPS) is 27.8. The second kappa shape index (κ2) is 9.34. The van der Waals surface area contributed by atoms with Crippen molar-refractivity contribution in [1.82, 2.24) is 0 Å². The fraction of sp³-hybridized carbons (Fsp3) is 0.933. The van der Waals surface area contributed by atoms with Gasteiger partial charge in [0.25, 0.3) is 0 Å². The molecule has 0 radical (unpaired) electrons. The zero-order valence-corrected chi connectivity index (χ0v) is 12.7. The summed E-state index contributed by atoms with van der Waals surface area (Å²) in [5.41, 5.74) is 0. The topological polar surface area (TPSA) is 53.8 Å². The van der Waals surface area contributed by atoms with Gasteiger partial charge in [0.05, 0.1) is 26.4 Å². The maximum absolute atomic E-state index is 6.84. The van der Waals surface area contributed by atoms with E-state index < -0.39 is 0 Å². The molecule has 120 valence electrons. The lowest BCUT2D eigenvalue weighted by Gasteiger charge is -2.28. The third-order valence-corrected chi connectivity index (χ3v) is 3.41. The second-order valence-electron chi connectivity index (χ2n) is 5.53. The van der Waals surface area contributed by atoms with Crippen LogP contribution in [-0.2, 0) is 23.7 Å². The Morgan fingerprint density at radius 1 is 1.29 bits per heavy atom. The van der Waals surface area contributed by atoms with Crippen LogP contribution < -0.4 is 0 Å². The first-order valence-electron chi connectivity index (χ1n) is 7.69. The maximum Gasteiger partial charge on any atom is 0.240 e. The van der Waals surface area contributed by atoms with E-state index in [1.807, 2.05) is 6.92 Å². The van der Waals surface area contributed by atoms with Crippen molar-refractivity contribution in [3.63, 3.8) is 0 Å². The molecule has 0 aromatic heterocycles. The third kappa shape index (κ3) is 7.21. The van der Waals surface area contributed by atoms with Crippen molar-refractivity contribution in [2.75, 3.05) is 39.6 Å². The Balaban J connectivity index is 1.69. The summed E-state index contributed by atoms with van der Waals surface area (Å²) >= 11 is 0. The van der Waals surface area contributed by atoms with Crippen LogP contribution in [0.15, 0.2) is 0 Å². The number of hydrogen-bond acceptors (Lipinski definition) is 5. The molecule has 21 heavy (non-hydrogen) atoms. The molecule has 0 N–H and O–H groups in total. The predicted octanol–water partition coefficient (Wildman–Crippen LogP) is 1.64. The molecule has 6 nitrogen and oxygen atoms in total. The minimum absolute atomic E-state index is 0.0901. The van der Waals surface area contributed by atoms with Gasteiger partial charge in [-0.25, -0.2) is 6.57 Å². The highest BCUT2D eigenvalue weighted by atomic mass is 16.7. The van der Waals surface area contributed by atoms with Gasteiger partial charge in [0.15, 0.2) is 6.29 Å². The van der Waals surface area contributed by atoms with E-state index in [0.717, 1.165) is 32.5 Å². The fourth-order valence-electron chi connectivity index (χ4n) is 2.11. The van der Waals surface area contributed by atoms with E-state index in [-0.39, 0.29) is 24.6 Å². The first-order chi connectivity index (χ1) is 10.3. The first kappa shape index (κ1) is 16.7. The van der Waals surface area contributed by atoms with Crippen molar-refractivity contribution < 1.29 is 23.7 Å². The van der Waals surface area contributed by atoms with Gasteiger partial charge in [0, 0.05) is 6.61 Å². The standard InChI is InChI=1S/C15H25NO5/c1-12(7-16-2)19-11-14(9-17-8-13-10-20-13)21-15-5-3-4-6-18-15/h12-15H,3-11H2,1H3. The van der Waals surface area contributed by atoms with E-state index in [4.69, 9.17) is 30.3 Å². The summed E-state index contributed by atoms with van der Waals surface area (Å²) in [6, 6.07) is 0. The average molecular weight is 299 g/mol. The zero-order valence-electron chi connectivity index (χ0n) is 12.7. The Hall–Kier alpha value is -0.710. The van der Waals surface area contributed by atoms with Crippen LogP contribution in [0.1, 0.15) is 26.2 Å². The highest BCUT2D eigenvalue weighted by Gasteiger charge is 2.25. The van der Waals surface area contributed by atoms with Crippen LogP contribution in [0.25, 0.3) is 4.85 Å². The van der Waals surface area contributed by atoms with Crippen LogP contribution in [0.3, 0.4) is 0 Å². The van der Waals surface area contributed by atoms with Crippen molar-refractivity contribution in [3.8, 4) is 0 Å². The lowest BCUT2D eigenvalue weighted by Crippen LogP contribution is -2.35. The third-order valence-electron chi connectivity index (χ3n) is 3.41. The van der Waals surface area contributed by atoms with Crippen molar-refractivity contribution in [2.24, 2.45) is 0 Å². The molecule has 0 bridgehead atoms. The second-order valence-corrected chi connectivity index (χ2v) is 5.53. The number of epoxide rings is 1. The molecule has 4 unspecified atom stereocenters. The van der Waals surface area contributed by atoms with Crippen molar-refractivity contribution in [2.45, 2.75) is 50.8 Å². The summed E-state index contributed by atoms with van der Waals surface area (Å²) in [5.74, 6) is 0. The highest BCUT2D eigenvalue weighted by molar-refractivity contribution is 4.70. The van der Waals surface area contributed by atoms with E-state index in [9.17, 15) is 0 Å². The smallest absolute Gasteiger partial charge is 0.240 e. The molecule has 0 aliphatic carbocycles. The summed E-state index contributed by atoms with van der Waals surface area (Å²) in [4.78, 5) is 3.33. The van der Waals surface area contributed by atoms with Gasteiger partial charge in [0.1, 0.15) is 18.3 Å². The number of ether oxygens (including phenoxy) is 5. The van der Waals surface area contributed by atoms with Gasteiger partial charge in [-0.1, -0.05) is 0 Å². The first-order valence-corrected chi connectivity index (χ1v) is 7.69. The minimum Gasteiger partial charge on any atom is -0.376 e. The Morgan fingerprint density at radius 2 is 2.14 bits per heavy atom. The van der Waals surface area contributed by atoms with Crippen LogP contribution in [0.5, 0.6) is 0 Å². The lowest BCUT2D eigenvalue weighted by molar-refractivity contribution is -0.210.